The Morgan fingerprint density at radius 3 is 2.56 bits per heavy atom. The molecule has 18 heavy (non-hydrogen) atoms. The van der Waals surface area contributed by atoms with Gasteiger partial charge in [0.15, 0.2) is 6.10 Å². The third-order valence-corrected chi connectivity index (χ3v) is 3.98. The molecule has 0 fully saturated rings. The van der Waals surface area contributed by atoms with Crippen LogP contribution in [0.5, 0.6) is 0 Å². The lowest BCUT2D eigenvalue weighted by Gasteiger charge is -2.10. The average Bonchev–Trinajstić information content (AvgIpc) is 2.29. The Kier molecular flexibility index (Phi) is 5.64. The van der Waals surface area contributed by atoms with Gasteiger partial charge in [-0.05, 0) is 34.7 Å². The van der Waals surface area contributed by atoms with Crippen molar-refractivity contribution < 1.29 is 19.8 Å². The molecule has 0 aliphatic heterocycles. The number of carboxylic acids is 1. The van der Waals surface area contributed by atoms with Crippen LogP contribution in [-0.4, -0.2) is 34.7 Å². The SMILES string of the molecule is O=C(NC[C@H](O)C(=O)O)c1cc(Cl)cc(Cl)c1I. The summed E-state index contributed by atoms with van der Waals surface area (Å²) in [5, 5.41) is 20.4. The van der Waals surface area contributed by atoms with Crippen LogP contribution in [0.4, 0.5) is 0 Å². The van der Waals surface area contributed by atoms with E-state index in [9.17, 15) is 9.59 Å². The predicted molar refractivity (Wildman–Crippen MR) is 75.2 cm³/mol. The highest BCUT2D eigenvalue weighted by atomic mass is 127. The average molecular weight is 404 g/mol. The highest BCUT2D eigenvalue weighted by Gasteiger charge is 2.17. The Bertz CT molecular complexity index is 495. The summed E-state index contributed by atoms with van der Waals surface area (Å²) >= 11 is 13.5. The van der Waals surface area contributed by atoms with Gasteiger partial charge in [-0.2, -0.15) is 0 Å². The molecule has 8 heteroatoms. The first-order valence-corrected chi connectivity index (χ1v) is 6.50. The summed E-state index contributed by atoms with van der Waals surface area (Å²) in [5.41, 5.74) is 0.227. The van der Waals surface area contributed by atoms with Gasteiger partial charge >= 0.3 is 5.97 Å². The zero-order chi connectivity index (χ0) is 13.9. The molecule has 0 saturated carbocycles. The van der Waals surface area contributed by atoms with Crippen molar-refractivity contribution in [1.82, 2.24) is 5.32 Å². The summed E-state index contributed by atoms with van der Waals surface area (Å²) < 4.78 is 0.501. The molecule has 1 aromatic rings. The van der Waals surface area contributed by atoms with Gasteiger partial charge in [-0.3, -0.25) is 4.79 Å². The summed E-state index contributed by atoms with van der Waals surface area (Å²) in [5.74, 6) is -1.96. The molecule has 1 atom stereocenters. The monoisotopic (exact) mass is 403 g/mol. The van der Waals surface area contributed by atoms with Gasteiger partial charge in [0.25, 0.3) is 5.91 Å². The molecule has 0 heterocycles. The molecular formula is C10H8Cl2INO4. The summed E-state index contributed by atoms with van der Waals surface area (Å²) in [4.78, 5) is 22.1. The van der Waals surface area contributed by atoms with Crippen molar-refractivity contribution in [2.45, 2.75) is 6.10 Å². The van der Waals surface area contributed by atoms with Crippen molar-refractivity contribution >= 4 is 57.7 Å². The zero-order valence-corrected chi connectivity index (χ0v) is 12.5. The fraction of sp³-hybridized carbons (Fsp3) is 0.200. The topological polar surface area (TPSA) is 86.6 Å². The van der Waals surface area contributed by atoms with Crippen LogP contribution in [0.15, 0.2) is 12.1 Å². The highest BCUT2D eigenvalue weighted by Crippen LogP contribution is 2.26. The lowest BCUT2D eigenvalue weighted by Crippen LogP contribution is -2.36. The van der Waals surface area contributed by atoms with Crippen LogP contribution >= 0.6 is 45.8 Å². The number of benzene rings is 1. The van der Waals surface area contributed by atoms with Crippen LogP contribution in [0.1, 0.15) is 10.4 Å². The molecule has 0 unspecified atom stereocenters. The number of rotatable bonds is 4. The van der Waals surface area contributed by atoms with Gasteiger partial charge in [0.1, 0.15) is 0 Å². The maximum Gasteiger partial charge on any atom is 0.334 e. The summed E-state index contributed by atoms with van der Waals surface area (Å²) in [6.07, 6.45) is -1.65. The van der Waals surface area contributed by atoms with Gasteiger partial charge in [0.05, 0.1) is 17.1 Å². The largest absolute Gasteiger partial charge is 0.479 e. The second-order valence-electron chi connectivity index (χ2n) is 3.31. The number of aliphatic hydroxyl groups is 1. The van der Waals surface area contributed by atoms with E-state index in [2.05, 4.69) is 5.32 Å². The van der Waals surface area contributed by atoms with Crippen molar-refractivity contribution in [2.75, 3.05) is 6.54 Å². The molecule has 0 aliphatic carbocycles. The van der Waals surface area contributed by atoms with Crippen LogP contribution in [0, 0.1) is 3.57 Å². The van der Waals surface area contributed by atoms with Crippen LogP contribution in [0.2, 0.25) is 10.0 Å². The lowest BCUT2D eigenvalue weighted by molar-refractivity contribution is -0.146. The van der Waals surface area contributed by atoms with Crippen molar-refractivity contribution in [3.8, 4) is 0 Å². The second kappa shape index (κ2) is 6.55. The van der Waals surface area contributed by atoms with E-state index >= 15 is 0 Å². The lowest BCUT2D eigenvalue weighted by atomic mass is 10.2. The number of halogens is 3. The van der Waals surface area contributed by atoms with Crippen LogP contribution in [0.25, 0.3) is 0 Å². The third kappa shape index (κ3) is 3.98. The molecule has 0 aromatic heterocycles. The molecule has 1 aromatic carbocycles. The molecule has 0 aliphatic rings. The predicted octanol–water partition coefficient (Wildman–Crippen LogP) is 1.77. The Morgan fingerprint density at radius 1 is 1.39 bits per heavy atom. The van der Waals surface area contributed by atoms with E-state index in [4.69, 9.17) is 33.4 Å². The minimum absolute atomic E-state index is 0.227. The minimum atomic E-state index is -1.65. The molecule has 5 nitrogen and oxygen atoms in total. The number of nitrogens with one attached hydrogen (secondary N) is 1. The smallest absolute Gasteiger partial charge is 0.334 e. The van der Waals surface area contributed by atoms with Crippen molar-refractivity contribution in [1.29, 1.82) is 0 Å². The standard InChI is InChI=1S/C10H8Cl2INO4/c11-4-1-5(8(13)6(12)2-4)9(16)14-3-7(15)10(17)18/h1-2,7,15H,3H2,(H,14,16)(H,17,18)/t7-/m0/s1. The summed E-state index contributed by atoms with van der Waals surface area (Å²) in [7, 11) is 0. The fourth-order valence-corrected chi connectivity index (χ4v) is 2.14. The van der Waals surface area contributed by atoms with E-state index in [1.54, 1.807) is 0 Å². The normalized spacial score (nSPS) is 12.0. The molecule has 0 saturated heterocycles. The molecular weight excluding hydrogens is 396 g/mol. The number of aliphatic hydroxyl groups excluding tert-OH is 1. The van der Waals surface area contributed by atoms with Crippen molar-refractivity contribution in [3.05, 3.63) is 31.3 Å². The number of amides is 1. The first kappa shape index (κ1) is 15.5. The van der Waals surface area contributed by atoms with E-state index in [0.717, 1.165) is 0 Å². The fourth-order valence-electron chi connectivity index (χ4n) is 1.09. The van der Waals surface area contributed by atoms with E-state index in [-0.39, 0.29) is 5.56 Å². The maximum atomic E-state index is 11.8. The van der Waals surface area contributed by atoms with Gasteiger partial charge in [-0.1, -0.05) is 23.2 Å². The molecule has 0 spiro atoms. The number of carbonyl (C=O) groups is 2. The number of aliphatic carboxylic acids is 1. The molecule has 3 N–H and O–H groups in total. The molecule has 1 rings (SSSR count). The van der Waals surface area contributed by atoms with E-state index in [1.165, 1.54) is 12.1 Å². The van der Waals surface area contributed by atoms with E-state index in [0.29, 0.717) is 13.6 Å². The van der Waals surface area contributed by atoms with Crippen LogP contribution < -0.4 is 5.32 Å². The molecule has 0 bridgehead atoms. The Hall–Kier alpha value is -0.570. The third-order valence-electron chi connectivity index (χ3n) is 1.98. The van der Waals surface area contributed by atoms with E-state index < -0.39 is 24.5 Å². The van der Waals surface area contributed by atoms with Gasteiger partial charge in [-0.15, -0.1) is 0 Å². The second-order valence-corrected chi connectivity index (χ2v) is 5.24. The van der Waals surface area contributed by atoms with Gasteiger partial charge in [0.2, 0.25) is 0 Å². The van der Waals surface area contributed by atoms with Crippen molar-refractivity contribution in [2.24, 2.45) is 0 Å². The summed E-state index contributed by atoms with van der Waals surface area (Å²) in [6, 6.07) is 2.91. The Morgan fingerprint density at radius 2 is 2.00 bits per heavy atom. The number of hydrogen-bond donors (Lipinski definition) is 3. The quantitative estimate of drug-likeness (QED) is 0.528. The van der Waals surface area contributed by atoms with E-state index in [1.807, 2.05) is 22.6 Å². The molecule has 0 radical (unpaired) electrons. The van der Waals surface area contributed by atoms with Crippen LogP contribution in [-0.2, 0) is 4.79 Å². The molecule has 1 amide bonds. The first-order chi connectivity index (χ1) is 8.32. The zero-order valence-electron chi connectivity index (χ0n) is 8.78. The molecule has 98 valence electrons. The van der Waals surface area contributed by atoms with Crippen molar-refractivity contribution in [3.63, 3.8) is 0 Å². The van der Waals surface area contributed by atoms with Crippen LogP contribution in [0.3, 0.4) is 0 Å². The summed E-state index contributed by atoms with van der Waals surface area (Å²) in [6.45, 7) is -0.394. The first-order valence-electron chi connectivity index (χ1n) is 4.66. The number of carbonyl (C=O) groups excluding carboxylic acids is 1. The maximum absolute atomic E-state index is 11.8. The Balaban J connectivity index is 2.82. The van der Waals surface area contributed by atoms with Gasteiger partial charge in [-0.25, -0.2) is 4.79 Å². The number of carboxylic acid groups (broad SMARTS) is 1. The van der Waals surface area contributed by atoms with Gasteiger partial charge in [0, 0.05) is 8.59 Å². The number of hydrogen-bond acceptors (Lipinski definition) is 3. The van der Waals surface area contributed by atoms with Gasteiger partial charge < -0.3 is 15.5 Å². The highest BCUT2D eigenvalue weighted by molar-refractivity contribution is 14.1. The Labute approximate surface area is 126 Å². The minimum Gasteiger partial charge on any atom is -0.479 e.